The highest BCUT2D eigenvalue weighted by atomic mass is 32.1. The van der Waals surface area contributed by atoms with Gasteiger partial charge in [0, 0.05) is 19.1 Å². The summed E-state index contributed by atoms with van der Waals surface area (Å²) < 4.78 is 0. The fourth-order valence-corrected chi connectivity index (χ4v) is 2.65. The summed E-state index contributed by atoms with van der Waals surface area (Å²) in [7, 11) is 0. The van der Waals surface area contributed by atoms with E-state index in [1.165, 1.54) is 25.9 Å². The van der Waals surface area contributed by atoms with Gasteiger partial charge in [-0.25, -0.2) is 0 Å². The van der Waals surface area contributed by atoms with Crippen molar-refractivity contribution in [2.45, 2.75) is 60.4 Å². The second kappa shape index (κ2) is 7.60. The van der Waals surface area contributed by atoms with Crippen LogP contribution < -0.4 is 0 Å². The SMILES string of the molecule is CCC(CC)(CS)CN(CC(C)C)C(C)C. The summed E-state index contributed by atoms with van der Waals surface area (Å²) in [6.07, 6.45) is 2.46. The quantitative estimate of drug-likeness (QED) is 0.630. The molecular formula is C14H31NS. The highest BCUT2D eigenvalue weighted by molar-refractivity contribution is 7.80. The molecule has 0 spiro atoms. The third-order valence-electron chi connectivity index (χ3n) is 3.70. The fraction of sp³-hybridized carbons (Fsp3) is 1.00. The van der Waals surface area contributed by atoms with Gasteiger partial charge in [0.25, 0.3) is 0 Å². The van der Waals surface area contributed by atoms with Gasteiger partial charge in [0.15, 0.2) is 0 Å². The molecular weight excluding hydrogens is 214 g/mol. The molecule has 0 aliphatic carbocycles. The Balaban J connectivity index is 4.57. The normalized spacial score (nSPS) is 13.1. The van der Waals surface area contributed by atoms with E-state index in [0.29, 0.717) is 11.5 Å². The van der Waals surface area contributed by atoms with Gasteiger partial charge in [-0.2, -0.15) is 12.6 Å². The molecule has 0 fully saturated rings. The Morgan fingerprint density at radius 3 is 1.81 bits per heavy atom. The van der Waals surface area contributed by atoms with Crippen LogP contribution in [0.2, 0.25) is 0 Å². The average Bonchev–Trinajstić information content (AvgIpc) is 2.24. The van der Waals surface area contributed by atoms with Gasteiger partial charge in [-0.15, -0.1) is 0 Å². The van der Waals surface area contributed by atoms with Crippen molar-refractivity contribution in [2.24, 2.45) is 11.3 Å². The van der Waals surface area contributed by atoms with Crippen LogP contribution in [0.3, 0.4) is 0 Å². The van der Waals surface area contributed by atoms with E-state index in [1.807, 2.05) is 0 Å². The zero-order valence-electron chi connectivity index (χ0n) is 12.1. The first-order chi connectivity index (χ1) is 7.40. The van der Waals surface area contributed by atoms with Gasteiger partial charge >= 0.3 is 0 Å². The van der Waals surface area contributed by atoms with Crippen LogP contribution in [0.15, 0.2) is 0 Å². The number of hydrogen-bond acceptors (Lipinski definition) is 2. The first kappa shape index (κ1) is 16.3. The molecule has 16 heavy (non-hydrogen) atoms. The molecule has 1 nitrogen and oxygen atoms in total. The van der Waals surface area contributed by atoms with Crippen molar-refractivity contribution in [3.05, 3.63) is 0 Å². The topological polar surface area (TPSA) is 3.24 Å². The lowest BCUT2D eigenvalue weighted by Gasteiger charge is -2.39. The van der Waals surface area contributed by atoms with Gasteiger partial charge in [-0.1, -0.05) is 27.7 Å². The van der Waals surface area contributed by atoms with Crippen LogP contribution in [-0.2, 0) is 0 Å². The van der Waals surface area contributed by atoms with E-state index >= 15 is 0 Å². The van der Waals surface area contributed by atoms with Crippen molar-refractivity contribution < 1.29 is 0 Å². The molecule has 0 aliphatic heterocycles. The van der Waals surface area contributed by atoms with E-state index in [9.17, 15) is 0 Å². The summed E-state index contributed by atoms with van der Waals surface area (Å²) in [4.78, 5) is 2.62. The van der Waals surface area contributed by atoms with Crippen molar-refractivity contribution in [1.29, 1.82) is 0 Å². The lowest BCUT2D eigenvalue weighted by molar-refractivity contribution is 0.116. The van der Waals surface area contributed by atoms with Gasteiger partial charge in [0.2, 0.25) is 0 Å². The molecule has 0 aromatic rings. The zero-order chi connectivity index (χ0) is 12.8. The minimum Gasteiger partial charge on any atom is -0.300 e. The van der Waals surface area contributed by atoms with Crippen LogP contribution >= 0.6 is 12.6 Å². The van der Waals surface area contributed by atoms with Crippen LogP contribution in [0.5, 0.6) is 0 Å². The largest absolute Gasteiger partial charge is 0.300 e. The number of nitrogens with zero attached hydrogens (tertiary/aromatic N) is 1. The Bertz CT molecular complexity index is 165. The molecule has 0 radical (unpaired) electrons. The molecule has 98 valence electrons. The van der Waals surface area contributed by atoms with Gasteiger partial charge in [-0.05, 0) is 43.8 Å². The predicted molar refractivity (Wildman–Crippen MR) is 78.4 cm³/mol. The van der Waals surface area contributed by atoms with E-state index in [2.05, 4.69) is 59.1 Å². The Morgan fingerprint density at radius 1 is 1.06 bits per heavy atom. The van der Waals surface area contributed by atoms with Crippen LogP contribution in [0.1, 0.15) is 54.4 Å². The van der Waals surface area contributed by atoms with E-state index in [-0.39, 0.29) is 0 Å². The van der Waals surface area contributed by atoms with E-state index in [4.69, 9.17) is 0 Å². The second-order valence-electron chi connectivity index (χ2n) is 5.78. The lowest BCUT2D eigenvalue weighted by atomic mass is 9.83. The smallest absolute Gasteiger partial charge is 0.00484 e. The lowest BCUT2D eigenvalue weighted by Crippen LogP contribution is -2.43. The molecule has 0 aliphatic rings. The van der Waals surface area contributed by atoms with Crippen LogP contribution in [0.4, 0.5) is 0 Å². The molecule has 0 heterocycles. The van der Waals surface area contributed by atoms with Crippen LogP contribution in [0, 0.1) is 11.3 Å². The molecule has 2 heteroatoms. The molecule has 0 rings (SSSR count). The maximum Gasteiger partial charge on any atom is 0.00484 e. The molecule has 0 aromatic heterocycles. The third kappa shape index (κ3) is 5.09. The van der Waals surface area contributed by atoms with Gasteiger partial charge in [0.05, 0.1) is 0 Å². The van der Waals surface area contributed by atoms with Crippen LogP contribution in [0.25, 0.3) is 0 Å². The second-order valence-corrected chi connectivity index (χ2v) is 6.10. The molecule has 0 bridgehead atoms. The van der Waals surface area contributed by atoms with E-state index < -0.39 is 0 Å². The Labute approximate surface area is 108 Å². The summed E-state index contributed by atoms with van der Waals surface area (Å²) in [5, 5.41) is 0. The number of thiol groups is 1. The summed E-state index contributed by atoms with van der Waals surface area (Å²) in [6, 6.07) is 0.639. The fourth-order valence-electron chi connectivity index (χ4n) is 2.10. The molecule has 0 saturated carbocycles. The maximum atomic E-state index is 4.57. The molecule has 0 N–H and O–H groups in total. The molecule has 0 unspecified atom stereocenters. The number of hydrogen-bond donors (Lipinski definition) is 1. The Hall–Kier alpha value is 0.310. The predicted octanol–water partition coefficient (Wildman–Crippen LogP) is 4.09. The molecule has 0 amide bonds. The van der Waals surface area contributed by atoms with Gasteiger partial charge in [0.1, 0.15) is 0 Å². The third-order valence-corrected chi connectivity index (χ3v) is 4.37. The van der Waals surface area contributed by atoms with Crippen LogP contribution in [-0.4, -0.2) is 29.8 Å². The van der Waals surface area contributed by atoms with E-state index in [0.717, 1.165) is 11.7 Å². The molecule has 0 atom stereocenters. The van der Waals surface area contributed by atoms with Gasteiger partial charge in [-0.3, -0.25) is 0 Å². The standard InChI is InChI=1S/C14H31NS/c1-7-14(8-2,11-16)10-15(13(5)6)9-12(3)4/h12-13,16H,7-11H2,1-6H3. The average molecular weight is 245 g/mol. The minimum absolute atomic E-state index is 0.405. The van der Waals surface area contributed by atoms with Crippen molar-refractivity contribution in [1.82, 2.24) is 4.90 Å². The summed E-state index contributed by atoms with van der Waals surface area (Å²) >= 11 is 4.57. The highest BCUT2D eigenvalue weighted by Crippen LogP contribution is 2.30. The van der Waals surface area contributed by atoms with Crippen molar-refractivity contribution >= 4 is 12.6 Å². The van der Waals surface area contributed by atoms with Crippen molar-refractivity contribution in [2.75, 3.05) is 18.8 Å². The highest BCUT2D eigenvalue weighted by Gasteiger charge is 2.28. The number of rotatable bonds is 8. The van der Waals surface area contributed by atoms with Gasteiger partial charge < -0.3 is 4.90 Å². The molecule has 0 aromatic carbocycles. The van der Waals surface area contributed by atoms with Crippen molar-refractivity contribution in [3.8, 4) is 0 Å². The van der Waals surface area contributed by atoms with Crippen molar-refractivity contribution in [3.63, 3.8) is 0 Å². The zero-order valence-corrected chi connectivity index (χ0v) is 13.0. The summed E-state index contributed by atoms with van der Waals surface area (Å²) in [6.45, 7) is 16.2. The maximum absolute atomic E-state index is 4.57. The first-order valence-corrected chi connectivity index (χ1v) is 7.39. The first-order valence-electron chi connectivity index (χ1n) is 6.75. The Morgan fingerprint density at radius 2 is 1.56 bits per heavy atom. The summed E-state index contributed by atoms with van der Waals surface area (Å²) in [5.74, 6) is 1.75. The Kier molecular flexibility index (Phi) is 7.75. The molecule has 0 saturated heterocycles. The monoisotopic (exact) mass is 245 g/mol. The summed E-state index contributed by atoms with van der Waals surface area (Å²) in [5.41, 5.74) is 0.405. The van der Waals surface area contributed by atoms with E-state index in [1.54, 1.807) is 0 Å². The minimum atomic E-state index is 0.405.